The highest BCUT2D eigenvalue weighted by Gasteiger charge is 2.43. The van der Waals surface area contributed by atoms with Crippen molar-refractivity contribution in [1.82, 2.24) is 0 Å². The molecule has 0 radical (unpaired) electrons. The van der Waals surface area contributed by atoms with Crippen LogP contribution >= 0.6 is 11.3 Å². The second kappa shape index (κ2) is 9.20. The highest BCUT2D eigenvalue weighted by molar-refractivity contribution is 7.15. The van der Waals surface area contributed by atoms with Crippen LogP contribution in [0.25, 0.3) is 10.4 Å². The van der Waals surface area contributed by atoms with Gasteiger partial charge in [0.1, 0.15) is 30.5 Å². The molecule has 31 heavy (non-hydrogen) atoms. The molecule has 1 aliphatic heterocycles. The first kappa shape index (κ1) is 22.1. The quantitative estimate of drug-likeness (QED) is 0.489. The van der Waals surface area contributed by atoms with E-state index in [-0.39, 0.29) is 0 Å². The molecule has 5 nitrogen and oxygen atoms in total. The number of hydrogen-bond acceptors (Lipinski definition) is 6. The van der Waals surface area contributed by atoms with Crippen molar-refractivity contribution in [2.75, 3.05) is 6.61 Å². The first-order chi connectivity index (χ1) is 14.9. The molecule has 1 fully saturated rings. The molecule has 3 aromatic rings. The Bertz CT molecular complexity index is 1030. The number of thiophene rings is 1. The number of aliphatic hydroxyl groups is 4. The van der Waals surface area contributed by atoms with Crippen molar-refractivity contribution in [3.63, 3.8) is 0 Å². The fourth-order valence-electron chi connectivity index (χ4n) is 3.97. The van der Waals surface area contributed by atoms with Crippen LogP contribution in [-0.4, -0.2) is 51.4 Å². The Kier molecular flexibility index (Phi) is 6.57. The molecule has 5 atom stereocenters. The van der Waals surface area contributed by atoms with Crippen molar-refractivity contribution in [1.29, 1.82) is 0 Å². The number of ether oxygens (including phenoxy) is 1. The van der Waals surface area contributed by atoms with E-state index in [1.165, 1.54) is 20.9 Å². The maximum absolute atomic E-state index is 10.5. The van der Waals surface area contributed by atoms with Crippen LogP contribution < -0.4 is 0 Å². The Morgan fingerprint density at radius 3 is 2.32 bits per heavy atom. The van der Waals surface area contributed by atoms with Crippen LogP contribution in [0.5, 0.6) is 0 Å². The number of rotatable bonds is 5. The van der Waals surface area contributed by atoms with Crippen LogP contribution in [0.15, 0.2) is 54.6 Å². The lowest BCUT2D eigenvalue weighted by atomic mass is 9.89. The topological polar surface area (TPSA) is 90.2 Å². The maximum Gasteiger partial charge on any atom is 0.113 e. The molecule has 0 saturated carbocycles. The van der Waals surface area contributed by atoms with Crippen molar-refractivity contribution < 1.29 is 25.2 Å². The number of aliphatic hydroxyl groups excluding tert-OH is 4. The second-order valence-corrected chi connectivity index (χ2v) is 9.41. The van der Waals surface area contributed by atoms with Gasteiger partial charge in [-0.15, -0.1) is 11.3 Å². The van der Waals surface area contributed by atoms with Crippen LogP contribution in [0, 0.1) is 13.8 Å². The van der Waals surface area contributed by atoms with Gasteiger partial charge in [0.05, 0.1) is 6.61 Å². The normalized spacial score (nSPS) is 26.2. The number of benzene rings is 2. The molecular formula is C25H28O5S. The fraction of sp³-hybridized carbons (Fsp3) is 0.360. The lowest BCUT2D eigenvalue weighted by molar-refractivity contribution is -0.231. The Labute approximate surface area is 186 Å². The van der Waals surface area contributed by atoms with E-state index in [0.29, 0.717) is 5.56 Å². The highest BCUT2D eigenvalue weighted by Crippen LogP contribution is 2.35. The maximum atomic E-state index is 10.5. The highest BCUT2D eigenvalue weighted by atomic mass is 32.1. The molecule has 164 valence electrons. The Morgan fingerprint density at radius 1 is 0.871 bits per heavy atom. The molecule has 4 rings (SSSR count). The zero-order chi connectivity index (χ0) is 22.1. The van der Waals surface area contributed by atoms with Gasteiger partial charge in [0.25, 0.3) is 0 Å². The zero-order valence-electron chi connectivity index (χ0n) is 17.6. The molecule has 1 aliphatic rings. The molecule has 4 N–H and O–H groups in total. The first-order valence-corrected chi connectivity index (χ1v) is 11.2. The summed E-state index contributed by atoms with van der Waals surface area (Å²) in [6, 6.07) is 18.6. The average Bonchev–Trinajstić information content (AvgIpc) is 3.23. The van der Waals surface area contributed by atoms with Gasteiger partial charge in [0, 0.05) is 16.2 Å². The molecule has 1 saturated heterocycles. The standard InChI is InChI=1S/C25H28O5S/c1-14-3-6-16(7-4-14)21-10-9-19(31-21)12-18-11-17(8-5-15(18)2)25-24(29)23(28)22(27)20(13-26)30-25/h3-11,20,22-29H,12-13H2,1-2H3/t20?,22-,23?,24-,25?/m1/s1. The van der Waals surface area contributed by atoms with Gasteiger partial charge in [-0.05, 0) is 48.2 Å². The summed E-state index contributed by atoms with van der Waals surface area (Å²) in [5.74, 6) is 0. The van der Waals surface area contributed by atoms with E-state index < -0.39 is 37.1 Å². The minimum absolute atomic E-state index is 0.433. The Hall–Kier alpha value is -2.06. The van der Waals surface area contributed by atoms with E-state index in [4.69, 9.17) is 4.74 Å². The summed E-state index contributed by atoms with van der Waals surface area (Å²) in [6.07, 6.45) is -5.00. The predicted molar refractivity (Wildman–Crippen MR) is 121 cm³/mol. The minimum Gasteiger partial charge on any atom is -0.394 e. The van der Waals surface area contributed by atoms with Gasteiger partial charge < -0.3 is 25.2 Å². The first-order valence-electron chi connectivity index (χ1n) is 10.4. The summed E-state index contributed by atoms with van der Waals surface area (Å²) >= 11 is 1.76. The van der Waals surface area contributed by atoms with Crippen LogP contribution in [0.1, 0.15) is 33.2 Å². The van der Waals surface area contributed by atoms with E-state index in [0.717, 1.165) is 17.5 Å². The van der Waals surface area contributed by atoms with Gasteiger partial charge >= 0.3 is 0 Å². The molecule has 1 aromatic heterocycles. The van der Waals surface area contributed by atoms with Gasteiger partial charge in [-0.3, -0.25) is 0 Å². The fourth-order valence-corrected chi connectivity index (χ4v) is 5.01. The average molecular weight is 441 g/mol. The molecule has 3 unspecified atom stereocenters. The summed E-state index contributed by atoms with van der Waals surface area (Å²) in [4.78, 5) is 2.45. The van der Waals surface area contributed by atoms with Crippen LogP contribution in [-0.2, 0) is 11.2 Å². The molecule has 0 spiro atoms. The van der Waals surface area contributed by atoms with Crippen LogP contribution in [0.2, 0.25) is 0 Å². The van der Waals surface area contributed by atoms with Crippen molar-refractivity contribution in [3.8, 4) is 10.4 Å². The van der Waals surface area contributed by atoms with Gasteiger partial charge in [0.15, 0.2) is 0 Å². The van der Waals surface area contributed by atoms with Gasteiger partial charge in [-0.2, -0.15) is 0 Å². The second-order valence-electron chi connectivity index (χ2n) is 8.24. The monoisotopic (exact) mass is 440 g/mol. The van der Waals surface area contributed by atoms with E-state index in [2.05, 4.69) is 43.3 Å². The zero-order valence-corrected chi connectivity index (χ0v) is 18.4. The minimum atomic E-state index is -1.38. The van der Waals surface area contributed by atoms with E-state index in [9.17, 15) is 20.4 Å². The number of hydrogen-bond donors (Lipinski definition) is 4. The summed E-state index contributed by atoms with van der Waals surface area (Å²) in [6.45, 7) is 3.69. The molecule has 6 heteroatoms. The van der Waals surface area contributed by atoms with E-state index >= 15 is 0 Å². The van der Waals surface area contributed by atoms with Crippen molar-refractivity contribution in [3.05, 3.63) is 81.7 Å². The summed E-state index contributed by atoms with van der Waals surface area (Å²) in [5.41, 5.74) is 5.38. The summed E-state index contributed by atoms with van der Waals surface area (Å²) < 4.78 is 5.73. The SMILES string of the molecule is Cc1ccc(-c2ccc(Cc3cc(C4OC(CO)[C@@H](O)C(O)[C@H]4O)ccc3C)s2)cc1. The molecule has 0 bridgehead atoms. The van der Waals surface area contributed by atoms with Crippen LogP contribution in [0.3, 0.4) is 0 Å². The van der Waals surface area contributed by atoms with Gasteiger partial charge in [0.2, 0.25) is 0 Å². The summed E-state index contributed by atoms with van der Waals surface area (Å²) in [5, 5.41) is 40.1. The van der Waals surface area contributed by atoms with Gasteiger partial charge in [-0.25, -0.2) is 0 Å². The van der Waals surface area contributed by atoms with E-state index in [1.54, 1.807) is 11.3 Å². The number of aryl methyl sites for hydroxylation is 2. The molecule has 2 aromatic carbocycles. The lowest BCUT2D eigenvalue weighted by Gasteiger charge is -2.40. The third kappa shape index (κ3) is 4.60. The van der Waals surface area contributed by atoms with Gasteiger partial charge in [-0.1, -0.05) is 48.0 Å². The summed E-state index contributed by atoms with van der Waals surface area (Å²) in [7, 11) is 0. The van der Waals surface area contributed by atoms with Crippen molar-refractivity contribution >= 4 is 11.3 Å². The molecular weight excluding hydrogens is 412 g/mol. The third-order valence-corrected chi connectivity index (χ3v) is 7.09. The van der Waals surface area contributed by atoms with E-state index in [1.807, 2.05) is 25.1 Å². The lowest BCUT2D eigenvalue weighted by Crippen LogP contribution is -2.55. The van der Waals surface area contributed by atoms with Crippen molar-refractivity contribution in [2.24, 2.45) is 0 Å². The Balaban J connectivity index is 1.57. The third-order valence-electron chi connectivity index (χ3n) is 5.96. The molecule has 0 aliphatic carbocycles. The molecule has 0 amide bonds. The van der Waals surface area contributed by atoms with Crippen molar-refractivity contribution in [2.45, 2.75) is 50.8 Å². The Morgan fingerprint density at radius 2 is 1.61 bits per heavy atom. The largest absolute Gasteiger partial charge is 0.394 e. The molecule has 2 heterocycles. The smallest absolute Gasteiger partial charge is 0.113 e. The van der Waals surface area contributed by atoms with Crippen LogP contribution in [0.4, 0.5) is 0 Å². The predicted octanol–water partition coefficient (Wildman–Crippen LogP) is 3.14.